The van der Waals surface area contributed by atoms with E-state index >= 15 is 0 Å². The Kier molecular flexibility index (Phi) is 2.62. The van der Waals surface area contributed by atoms with Crippen molar-refractivity contribution in [2.45, 2.75) is 6.42 Å². The van der Waals surface area contributed by atoms with Crippen LogP contribution in [-0.4, -0.2) is 29.6 Å². The second-order valence-electron chi connectivity index (χ2n) is 2.95. The fourth-order valence-corrected chi connectivity index (χ4v) is 2.31. The predicted molar refractivity (Wildman–Crippen MR) is 57.4 cm³/mol. The maximum absolute atomic E-state index is 5.52. The van der Waals surface area contributed by atoms with Gasteiger partial charge in [0.25, 0.3) is 0 Å². The highest BCUT2D eigenvalue weighted by Crippen LogP contribution is 2.33. The van der Waals surface area contributed by atoms with E-state index in [-0.39, 0.29) is 0 Å². The minimum atomic E-state index is 0.384. The molecule has 5 nitrogen and oxygen atoms in total. The fraction of sp³-hybridized carbons (Fsp3) is 0.500. The SMILES string of the molecule is COc1cc(N)nnc1N1CCCS1. The van der Waals surface area contributed by atoms with Gasteiger partial charge >= 0.3 is 0 Å². The molecule has 0 aromatic carbocycles. The van der Waals surface area contributed by atoms with Crippen molar-refractivity contribution in [3.05, 3.63) is 6.07 Å². The Bertz CT molecular complexity index is 327. The van der Waals surface area contributed by atoms with Crippen LogP contribution in [0.4, 0.5) is 11.6 Å². The van der Waals surface area contributed by atoms with E-state index in [1.54, 1.807) is 25.1 Å². The molecule has 2 rings (SSSR count). The molecule has 0 radical (unpaired) electrons. The smallest absolute Gasteiger partial charge is 0.203 e. The summed E-state index contributed by atoms with van der Waals surface area (Å²) in [6.07, 6.45) is 1.17. The molecule has 14 heavy (non-hydrogen) atoms. The van der Waals surface area contributed by atoms with Gasteiger partial charge < -0.3 is 10.5 Å². The summed E-state index contributed by atoms with van der Waals surface area (Å²) in [6.45, 7) is 0.986. The number of aromatic nitrogens is 2. The minimum absolute atomic E-state index is 0.384. The maximum Gasteiger partial charge on any atom is 0.203 e. The van der Waals surface area contributed by atoms with E-state index < -0.39 is 0 Å². The average Bonchev–Trinajstić information content (AvgIpc) is 2.70. The van der Waals surface area contributed by atoms with Crippen molar-refractivity contribution in [3.63, 3.8) is 0 Å². The highest BCUT2D eigenvalue weighted by Gasteiger charge is 2.19. The lowest BCUT2D eigenvalue weighted by atomic mass is 10.4. The lowest BCUT2D eigenvalue weighted by Gasteiger charge is -2.16. The predicted octanol–water partition coefficient (Wildman–Crippen LogP) is 0.926. The summed E-state index contributed by atoms with van der Waals surface area (Å²) in [5.41, 5.74) is 5.52. The normalized spacial score (nSPS) is 15.9. The first-order valence-corrected chi connectivity index (χ1v) is 5.33. The van der Waals surface area contributed by atoms with Crippen molar-refractivity contribution in [1.82, 2.24) is 10.2 Å². The molecule has 1 fully saturated rings. The first-order chi connectivity index (χ1) is 6.81. The molecule has 2 N–H and O–H groups in total. The number of rotatable bonds is 2. The molecule has 0 saturated carbocycles. The van der Waals surface area contributed by atoms with Gasteiger partial charge in [0.15, 0.2) is 5.75 Å². The highest BCUT2D eigenvalue weighted by molar-refractivity contribution is 8.00. The maximum atomic E-state index is 5.52. The molecule has 2 heterocycles. The molecule has 1 saturated heterocycles. The van der Waals surface area contributed by atoms with Crippen LogP contribution in [0.15, 0.2) is 6.07 Å². The van der Waals surface area contributed by atoms with Crippen LogP contribution >= 0.6 is 11.9 Å². The molecule has 0 unspecified atom stereocenters. The van der Waals surface area contributed by atoms with Crippen molar-refractivity contribution >= 4 is 23.6 Å². The van der Waals surface area contributed by atoms with Gasteiger partial charge in [-0.3, -0.25) is 4.31 Å². The largest absolute Gasteiger partial charge is 0.493 e. The number of hydrogen-bond donors (Lipinski definition) is 1. The fourth-order valence-electron chi connectivity index (χ4n) is 1.32. The first-order valence-electron chi connectivity index (χ1n) is 4.39. The zero-order valence-electron chi connectivity index (χ0n) is 7.93. The molecule has 76 valence electrons. The molecule has 0 amide bonds. The van der Waals surface area contributed by atoms with E-state index in [1.165, 1.54) is 6.42 Å². The van der Waals surface area contributed by atoms with Gasteiger partial charge in [0, 0.05) is 18.4 Å². The summed E-state index contributed by atoms with van der Waals surface area (Å²) < 4.78 is 7.29. The number of anilines is 2. The lowest BCUT2D eigenvalue weighted by Crippen LogP contribution is -2.13. The van der Waals surface area contributed by atoms with Gasteiger partial charge in [0.1, 0.15) is 5.82 Å². The summed E-state index contributed by atoms with van der Waals surface area (Å²) in [7, 11) is 1.61. The Labute approximate surface area is 86.8 Å². The lowest BCUT2D eigenvalue weighted by molar-refractivity contribution is 0.413. The van der Waals surface area contributed by atoms with Crippen molar-refractivity contribution in [3.8, 4) is 5.75 Å². The van der Waals surface area contributed by atoms with Gasteiger partial charge in [-0.2, -0.15) is 0 Å². The summed E-state index contributed by atoms with van der Waals surface area (Å²) in [5.74, 6) is 2.96. The second kappa shape index (κ2) is 3.91. The van der Waals surface area contributed by atoms with Gasteiger partial charge in [-0.25, -0.2) is 0 Å². The standard InChI is InChI=1S/C8H12N4OS/c1-13-6-5-7(9)10-11-8(6)12-3-2-4-14-12/h5H,2-4H2,1H3,(H2,9,10). The molecule has 0 atom stereocenters. The number of nitrogens with zero attached hydrogens (tertiary/aromatic N) is 3. The van der Waals surface area contributed by atoms with Gasteiger partial charge in [-0.15, -0.1) is 10.2 Å². The topological polar surface area (TPSA) is 64.3 Å². The number of nitrogens with two attached hydrogens (primary N) is 1. The van der Waals surface area contributed by atoms with Crippen molar-refractivity contribution in [2.75, 3.05) is 29.4 Å². The van der Waals surface area contributed by atoms with E-state index in [0.717, 1.165) is 18.1 Å². The van der Waals surface area contributed by atoms with Crippen LogP contribution in [0.2, 0.25) is 0 Å². The molecule has 0 bridgehead atoms. The van der Waals surface area contributed by atoms with Gasteiger partial charge in [-0.05, 0) is 18.4 Å². The molecule has 1 aromatic heterocycles. The summed E-state index contributed by atoms with van der Waals surface area (Å²) in [4.78, 5) is 0. The average molecular weight is 212 g/mol. The van der Waals surface area contributed by atoms with Crippen LogP contribution in [0.5, 0.6) is 5.75 Å². The first kappa shape index (κ1) is 9.39. The van der Waals surface area contributed by atoms with E-state index in [2.05, 4.69) is 14.5 Å². The highest BCUT2D eigenvalue weighted by atomic mass is 32.2. The van der Waals surface area contributed by atoms with Gasteiger partial charge in [0.2, 0.25) is 5.82 Å². The molecular weight excluding hydrogens is 200 g/mol. The van der Waals surface area contributed by atoms with E-state index in [4.69, 9.17) is 10.5 Å². The summed E-state index contributed by atoms with van der Waals surface area (Å²) in [6, 6.07) is 1.70. The monoisotopic (exact) mass is 212 g/mol. The number of nitrogen functional groups attached to an aromatic ring is 1. The quantitative estimate of drug-likeness (QED) is 0.736. The zero-order valence-corrected chi connectivity index (χ0v) is 8.75. The number of ether oxygens (including phenoxy) is 1. The Morgan fingerprint density at radius 1 is 1.57 bits per heavy atom. The van der Waals surface area contributed by atoms with Crippen LogP contribution in [-0.2, 0) is 0 Å². The molecule has 0 spiro atoms. The van der Waals surface area contributed by atoms with Crippen molar-refractivity contribution in [1.29, 1.82) is 0 Å². The number of hydrogen-bond acceptors (Lipinski definition) is 6. The van der Waals surface area contributed by atoms with Crippen LogP contribution in [0, 0.1) is 0 Å². The molecule has 1 aliphatic heterocycles. The van der Waals surface area contributed by atoms with Crippen molar-refractivity contribution < 1.29 is 4.74 Å². The minimum Gasteiger partial charge on any atom is -0.493 e. The second-order valence-corrected chi connectivity index (χ2v) is 4.06. The zero-order chi connectivity index (χ0) is 9.97. The van der Waals surface area contributed by atoms with Crippen LogP contribution in [0.3, 0.4) is 0 Å². The Morgan fingerprint density at radius 2 is 2.43 bits per heavy atom. The van der Waals surface area contributed by atoms with Crippen LogP contribution in [0.25, 0.3) is 0 Å². The Balaban J connectivity index is 2.31. The number of methoxy groups -OCH3 is 1. The molecule has 6 heteroatoms. The van der Waals surface area contributed by atoms with E-state index in [1.807, 2.05) is 0 Å². The Morgan fingerprint density at radius 3 is 3.07 bits per heavy atom. The van der Waals surface area contributed by atoms with Crippen LogP contribution < -0.4 is 14.8 Å². The Hall–Kier alpha value is -1.17. The summed E-state index contributed by atoms with van der Waals surface area (Å²) >= 11 is 1.74. The van der Waals surface area contributed by atoms with E-state index in [0.29, 0.717) is 11.6 Å². The third kappa shape index (κ3) is 1.70. The van der Waals surface area contributed by atoms with E-state index in [9.17, 15) is 0 Å². The molecule has 1 aromatic rings. The third-order valence-electron chi connectivity index (χ3n) is 1.97. The third-order valence-corrected chi connectivity index (χ3v) is 3.11. The van der Waals surface area contributed by atoms with Gasteiger partial charge in [-0.1, -0.05) is 0 Å². The summed E-state index contributed by atoms with van der Waals surface area (Å²) in [5, 5.41) is 7.86. The van der Waals surface area contributed by atoms with Gasteiger partial charge in [0.05, 0.1) is 7.11 Å². The molecule has 1 aliphatic rings. The molecular formula is C8H12N4OS. The van der Waals surface area contributed by atoms with Crippen molar-refractivity contribution in [2.24, 2.45) is 0 Å². The molecule has 0 aliphatic carbocycles. The van der Waals surface area contributed by atoms with Crippen LogP contribution in [0.1, 0.15) is 6.42 Å².